The average molecular weight is 206 g/mol. The maximum Gasteiger partial charge on any atom is 0.186 e. The summed E-state index contributed by atoms with van der Waals surface area (Å²) in [5, 5.41) is 27.6. The van der Waals surface area contributed by atoms with Crippen molar-refractivity contribution in [3.8, 4) is 0 Å². The summed E-state index contributed by atoms with van der Waals surface area (Å²) in [6.07, 6.45) is -1.80. The van der Waals surface area contributed by atoms with E-state index in [9.17, 15) is 10.2 Å². The fraction of sp³-hybridized carbons (Fsp3) is 1.00. The van der Waals surface area contributed by atoms with Gasteiger partial charge in [0.05, 0.1) is 6.61 Å². The molecule has 1 saturated heterocycles. The van der Waals surface area contributed by atoms with Crippen LogP contribution in [0.4, 0.5) is 0 Å². The zero-order valence-corrected chi connectivity index (χ0v) is 8.30. The highest BCUT2D eigenvalue weighted by molar-refractivity contribution is 4.86. The van der Waals surface area contributed by atoms with Crippen molar-refractivity contribution in [3.05, 3.63) is 0 Å². The second-order valence-corrected chi connectivity index (χ2v) is 3.43. The number of unbranched alkanes of at least 4 members (excludes halogenated alkanes) is 1. The first-order valence-corrected chi connectivity index (χ1v) is 4.94. The van der Waals surface area contributed by atoms with Gasteiger partial charge in [0.25, 0.3) is 0 Å². The van der Waals surface area contributed by atoms with E-state index < -0.39 is 24.6 Å². The molecule has 1 heterocycles. The van der Waals surface area contributed by atoms with E-state index in [1.54, 1.807) is 0 Å². The van der Waals surface area contributed by atoms with Crippen LogP contribution in [-0.4, -0.2) is 53.1 Å². The van der Waals surface area contributed by atoms with Crippen LogP contribution in [0.25, 0.3) is 0 Å². The lowest BCUT2D eigenvalue weighted by Crippen LogP contribution is -2.34. The Kier molecular flexibility index (Phi) is 4.77. The number of aliphatic hydroxyl groups excluding tert-OH is 3. The molecule has 4 atom stereocenters. The van der Waals surface area contributed by atoms with Crippen molar-refractivity contribution in [1.29, 1.82) is 0 Å². The third kappa shape index (κ3) is 2.65. The minimum atomic E-state index is -1.07. The van der Waals surface area contributed by atoms with Crippen LogP contribution in [-0.2, 0) is 9.47 Å². The monoisotopic (exact) mass is 206 g/mol. The molecule has 1 rings (SSSR count). The summed E-state index contributed by atoms with van der Waals surface area (Å²) in [7, 11) is 0. The van der Waals surface area contributed by atoms with Gasteiger partial charge in [-0.1, -0.05) is 13.3 Å². The molecule has 4 unspecified atom stereocenters. The predicted molar refractivity (Wildman–Crippen MR) is 48.6 cm³/mol. The van der Waals surface area contributed by atoms with Crippen LogP contribution in [0.5, 0.6) is 0 Å². The molecule has 1 aliphatic rings. The maximum absolute atomic E-state index is 9.45. The molecule has 0 aromatic heterocycles. The number of ether oxygens (including phenoxy) is 2. The molecule has 0 spiro atoms. The van der Waals surface area contributed by atoms with Crippen LogP contribution in [0.2, 0.25) is 0 Å². The molecule has 5 heteroatoms. The van der Waals surface area contributed by atoms with E-state index in [-0.39, 0.29) is 6.61 Å². The van der Waals surface area contributed by atoms with Crippen molar-refractivity contribution in [1.82, 2.24) is 0 Å². The molecule has 14 heavy (non-hydrogen) atoms. The van der Waals surface area contributed by atoms with Gasteiger partial charge < -0.3 is 24.8 Å². The van der Waals surface area contributed by atoms with Crippen LogP contribution in [0.15, 0.2) is 0 Å². The largest absolute Gasteiger partial charge is 0.394 e. The van der Waals surface area contributed by atoms with Crippen molar-refractivity contribution in [3.63, 3.8) is 0 Å². The summed E-state index contributed by atoms with van der Waals surface area (Å²) in [4.78, 5) is 0. The van der Waals surface area contributed by atoms with Gasteiger partial charge in [0.1, 0.15) is 18.3 Å². The molecule has 1 aliphatic heterocycles. The van der Waals surface area contributed by atoms with Crippen LogP contribution in [0.3, 0.4) is 0 Å². The highest BCUT2D eigenvalue weighted by Crippen LogP contribution is 2.21. The maximum atomic E-state index is 9.45. The molecule has 0 radical (unpaired) electrons. The van der Waals surface area contributed by atoms with Gasteiger partial charge in [0.15, 0.2) is 6.29 Å². The third-order valence-corrected chi connectivity index (χ3v) is 2.28. The Bertz CT molecular complexity index is 163. The Balaban J connectivity index is 2.32. The third-order valence-electron chi connectivity index (χ3n) is 2.28. The van der Waals surface area contributed by atoms with Crippen LogP contribution >= 0.6 is 0 Å². The smallest absolute Gasteiger partial charge is 0.186 e. The molecule has 84 valence electrons. The van der Waals surface area contributed by atoms with Crippen molar-refractivity contribution in [2.45, 2.75) is 44.4 Å². The van der Waals surface area contributed by atoms with Gasteiger partial charge in [-0.2, -0.15) is 0 Å². The van der Waals surface area contributed by atoms with Crippen molar-refractivity contribution >= 4 is 0 Å². The predicted octanol–water partition coefficient (Wildman–Crippen LogP) is -0.758. The Hall–Kier alpha value is -0.200. The molecule has 1 fully saturated rings. The second-order valence-electron chi connectivity index (χ2n) is 3.43. The van der Waals surface area contributed by atoms with Crippen molar-refractivity contribution in [2.24, 2.45) is 0 Å². The summed E-state index contributed by atoms with van der Waals surface area (Å²) in [5.41, 5.74) is 0. The first-order valence-electron chi connectivity index (χ1n) is 4.94. The van der Waals surface area contributed by atoms with E-state index in [2.05, 4.69) is 0 Å². The molecule has 0 aromatic carbocycles. The van der Waals surface area contributed by atoms with E-state index in [1.807, 2.05) is 6.92 Å². The highest BCUT2D eigenvalue weighted by Gasteiger charge is 2.42. The fourth-order valence-corrected chi connectivity index (χ4v) is 1.35. The first-order chi connectivity index (χ1) is 6.70. The van der Waals surface area contributed by atoms with Gasteiger partial charge in [-0.05, 0) is 6.42 Å². The second kappa shape index (κ2) is 5.63. The van der Waals surface area contributed by atoms with E-state index in [0.29, 0.717) is 6.61 Å². The SMILES string of the molecule is CCCCOC1OC(CO)C(O)C1O. The quantitative estimate of drug-likeness (QED) is 0.515. The zero-order valence-electron chi connectivity index (χ0n) is 8.30. The Morgan fingerprint density at radius 1 is 1.29 bits per heavy atom. The molecule has 0 bridgehead atoms. The fourth-order valence-electron chi connectivity index (χ4n) is 1.35. The summed E-state index contributed by atoms with van der Waals surface area (Å²) >= 11 is 0. The van der Waals surface area contributed by atoms with Crippen molar-refractivity contribution in [2.75, 3.05) is 13.2 Å². The zero-order chi connectivity index (χ0) is 10.6. The molecule has 0 aliphatic carbocycles. The highest BCUT2D eigenvalue weighted by atomic mass is 16.7. The summed E-state index contributed by atoms with van der Waals surface area (Å²) in [6, 6.07) is 0. The van der Waals surface area contributed by atoms with Crippen LogP contribution in [0, 0.1) is 0 Å². The molecular weight excluding hydrogens is 188 g/mol. The topological polar surface area (TPSA) is 79.2 Å². The van der Waals surface area contributed by atoms with E-state index in [1.165, 1.54) is 0 Å². The summed E-state index contributed by atoms with van der Waals surface area (Å²) < 4.78 is 10.3. The first kappa shape index (κ1) is 11.9. The molecular formula is C9H18O5. The Morgan fingerprint density at radius 2 is 2.00 bits per heavy atom. The standard InChI is InChI=1S/C9H18O5/c1-2-3-4-13-9-8(12)7(11)6(5-10)14-9/h6-12H,2-5H2,1H3. The lowest BCUT2D eigenvalue weighted by atomic mass is 10.1. The summed E-state index contributed by atoms with van der Waals surface area (Å²) in [6.45, 7) is 2.20. The Labute approximate surface area is 83.3 Å². The minimum absolute atomic E-state index is 0.314. The number of hydrogen-bond acceptors (Lipinski definition) is 5. The van der Waals surface area contributed by atoms with Gasteiger partial charge in [-0.15, -0.1) is 0 Å². The van der Waals surface area contributed by atoms with Gasteiger partial charge in [-0.25, -0.2) is 0 Å². The lowest BCUT2D eigenvalue weighted by Gasteiger charge is -2.14. The Morgan fingerprint density at radius 3 is 2.50 bits per heavy atom. The molecule has 0 amide bonds. The lowest BCUT2D eigenvalue weighted by molar-refractivity contribution is -0.169. The van der Waals surface area contributed by atoms with Crippen molar-refractivity contribution < 1.29 is 24.8 Å². The van der Waals surface area contributed by atoms with Gasteiger partial charge in [0.2, 0.25) is 0 Å². The van der Waals surface area contributed by atoms with Gasteiger partial charge >= 0.3 is 0 Å². The van der Waals surface area contributed by atoms with E-state index in [4.69, 9.17) is 14.6 Å². The molecule has 5 nitrogen and oxygen atoms in total. The van der Waals surface area contributed by atoms with E-state index >= 15 is 0 Å². The normalized spacial score (nSPS) is 37.7. The minimum Gasteiger partial charge on any atom is -0.394 e. The number of hydrogen-bond donors (Lipinski definition) is 3. The number of rotatable bonds is 5. The molecule has 0 saturated carbocycles. The van der Waals surface area contributed by atoms with Gasteiger partial charge in [0, 0.05) is 6.61 Å². The summed E-state index contributed by atoms with van der Waals surface area (Å²) in [5.74, 6) is 0. The number of aliphatic hydroxyl groups is 3. The van der Waals surface area contributed by atoms with Crippen LogP contribution in [0.1, 0.15) is 19.8 Å². The molecule has 0 aromatic rings. The average Bonchev–Trinajstić information content (AvgIpc) is 2.46. The van der Waals surface area contributed by atoms with Crippen LogP contribution < -0.4 is 0 Å². The molecule has 3 N–H and O–H groups in total. The van der Waals surface area contributed by atoms with Gasteiger partial charge in [-0.3, -0.25) is 0 Å². The van der Waals surface area contributed by atoms with E-state index in [0.717, 1.165) is 12.8 Å².